The molecule has 2 aromatic carbocycles. The van der Waals surface area contributed by atoms with Crippen LogP contribution in [0.2, 0.25) is 5.02 Å². The van der Waals surface area contributed by atoms with Gasteiger partial charge in [0.2, 0.25) is 11.1 Å². The van der Waals surface area contributed by atoms with E-state index in [2.05, 4.69) is 17.2 Å². The van der Waals surface area contributed by atoms with Crippen LogP contribution in [0.25, 0.3) is 0 Å². The summed E-state index contributed by atoms with van der Waals surface area (Å²) >= 11 is 7.61. The predicted octanol–water partition coefficient (Wildman–Crippen LogP) is 5.86. The smallest absolute Gasteiger partial charge is 0.338 e. The molecular weight excluding hydrogens is 472 g/mol. The van der Waals surface area contributed by atoms with Crippen LogP contribution in [0.4, 0.5) is 5.95 Å². The molecule has 1 atom stereocenters. The Labute approximate surface area is 208 Å². The summed E-state index contributed by atoms with van der Waals surface area (Å²) in [6.45, 7) is 4.36. The van der Waals surface area contributed by atoms with Crippen molar-refractivity contribution in [1.29, 1.82) is 0 Å². The number of hydrogen-bond donors (Lipinski definition) is 1. The lowest BCUT2D eigenvalue weighted by molar-refractivity contribution is -0.136. The molecule has 4 rings (SSSR count). The zero-order chi connectivity index (χ0) is 24.1. The van der Waals surface area contributed by atoms with Crippen molar-refractivity contribution in [2.75, 3.05) is 18.2 Å². The first-order valence-electron chi connectivity index (χ1n) is 11.1. The first-order chi connectivity index (χ1) is 16.5. The van der Waals surface area contributed by atoms with Crippen LogP contribution < -0.4 is 10.1 Å². The van der Waals surface area contributed by atoms with Gasteiger partial charge in [0, 0.05) is 22.0 Å². The third kappa shape index (κ3) is 5.23. The van der Waals surface area contributed by atoms with E-state index in [1.165, 1.54) is 7.11 Å². The van der Waals surface area contributed by atoms with Crippen molar-refractivity contribution in [2.45, 2.75) is 44.5 Å². The van der Waals surface area contributed by atoms with Crippen LogP contribution in [0.15, 0.2) is 65.0 Å². The maximum absolute atomic E-state index is 12.9. The van der Waals surface area contributed by atoms with Gasteiger partial charge in [0.1, 0.15) is 18.4 Å². The van der Waals surface area contributed by atoms with Crippen LogP contribution >= 0.6 is 23.4 Å². The molecule has 3 aromatic rings. The number of benzene rings is 2. The summed E-state index contributed by atoms with van der Waals surface area (Å²) in [6, 6.07) is 14.6. The summed E-state index contributed by atoms with van der Waals surface area (Å²) in [5, 5.41) is 9.31. The number of carbonyl (C=O) groups excluding carboxylic acids is 1. The standard InChI is InChI=1S/C25H27ClN4O3S/c1-4-5-14-34-25-28-24-27-16(2)21(23(31)32-3)22(30(24)29-25)19-8-6-7-9-20(19)33-15-17-10-12-18(26)13-11-17/h6-13,22H,4-5,14-15H2,1-3H3,(H,27,28,29). The van der Waals surface area contributed by atoms with Gasteiger partial charge in [0.15, 0.2) is 0 Å². The van der Waals surface area contributed by atoms with Gasteiger partial charge in [-0.25, -0.2) is 9.48 Å². The lowest BCUT2D eigenvalue weighted by Crippen LogP contribution is -2.29. The highest BCUT2D eigenvalue weighted by Crippen LogP contribution is 2.40. The highest BCUT2D eigenvalue weighted by Gasteiger charge is 2.36. The summed E-state index contributed by atoms with van der Waals surface area (Å²) < 4.78 is 13.1. The molecule has 0 radical (unpaired) electrons. The zero-order valence-electron chi connectivity index (χ0n) is 19.4. The second-order valence-corrected chi connectivity index (χ2v) is 9.37. The topological polar surface area (TPSA) is 78.3 Å². The van der Waals surface area contributed by atoms with E-state index in [1.807, 2.05) is 55.5 Å². The number of fused-ring (bicyclic) bond motifs is 1. The fraction of sp³-hybridized carbons (Fsp3) is 0.320. The molecule has 9 heteroatoms. The van der Waals surface area contributed by atoms with Crippen molar-refractivity contribution in [3.8, 4) is 5.75 Å². The second-order valence-electron chi connectivity index (χ2n) is 7.88. The molecule has 7 nitrogen and oxygen atoms in total. The fourth-order valence-corrected chi connectivity index (χ4v) is 4.78. The van der Waals surface area contributed by atoms with Crippen LogP contribution in [-0.4, -0.2) is 33.6 Å². The zero-order valence-corrected chi connectivity index (χ0v) is 20.9. The number of halogens is 1. The molecular formula is C25H27ClN4O3S. The number of aromatic nitrogens is 3. The van der Waals surface area contributed by atoms with Gasteiger partial charge in [0.05, 0.1) is 12.7 Å². The SMILES string of the molecule is CCCCSc1nc2n(n1)C(c1ccccc1OCc1ccc(Cl)cc1)C(C(=O)OC)=C(C)N2. The number of nitrogens with zero attached hydrogens (tertiary/aromatic N) is 3. The van der Waals surface area contributed by atoms with Gasteiger partial charge in [-0.3, -0.25) is 0 Å². The van der Waals surface area contributed by atoms with E-state index >= 15 is 0 Å². The number of nitrogens with one attached hydrogen (secondary N) is 1. The molecule has 0 amide bonds. The van der Waals surface area contributed by atoms with Crippen LogP contribution in [-0.2, 0) is 16.1 Å². The number of methoxy groups -OCH3 is 1. The van der Waals surface area contributed by atoms with Crippen molar-refractivity contribution >= 4 is 35.3 Å². The summed E-state index contributed by atoms with van der Waals surface area (Å²) in [5.41, 5.74) is 2.93. The minimum Gasteiger partial charge on any atom is -0.489 e. The highest BCUT2D eigenvalue weighted by molar-refractivity contribution is 7.99. The number of esters is 1. The van der Waals surface area contributed by atoms with Crippen LogP contribution in [0.1, 0.15) is 43.9 Å². The van der Waals surface area contributed by atoms with E-state index < -0.39 is 12.0 Å². The average molecular weight is 499 g/mol. The first-order valence-corrected chi connectivity index (χ1v) is 12.5. The van der Waals surface area contributed by atoms with Gasteiger partial charge < -0.3 is 14.8 Å². The van der Waals surface area contributed by atoms with Gasteiger partial charge in [-0.1, -0.05) is 67.0 Å². The van der Waals surface area contributed by atoms with Crippen molar-refractivity contribution in [2.24, 2.45) is 0 Å². The molecule has 0 spiro atoms. The number of rotatable bonds is 9. The lowest BCUT2D eigenvalue weighted by atomic mass is 9.95. The van der Waals surface area contributed by atoms with E-state index in [0.717, 1.165) is 29.7 Å². The molecule has 178 valence electrons. The summed E-state index contributed by atoms with van der Waals surface area (Å²) in [6.07, 6.45) is 2.18. The number of allylic oxidation sites excluding steroid dienone is 1. The number of anilines is 1. The number of hydrogen-bond acceptors (Lipinski definition) is 7. The van der Waals surface area contributed by atoms with Crippen LogP contribution in [0.3, 0.4) is 0 Å². The largest absolute Gasteiger partial charge is 0.489 e. The molecule has 0 aliphatic carbocycles. The Hall–Kier alpha value is -2.97. The summed E-state index contributed by atoms with van der Waals surface area (Å²) in [7, 11) is 1.38. The summed E-state index contributed by atoms with van der Waals surface area (Å²) in [5.74, 6) is 1.74. The number of unbranched alkanes of at least 4 members (excludes halogenated alkanes) is 1. The van der Waals surface area contributed by atoms with Crippen LogP contribution in [0, 0.1) is 0 Å². The molecule has 0 saturated carbocycles. The molecule has 34 heavy (non-hydrogen) atoms. The molecule has 0 saturated heterocycles. The van der Waals surface area contributed by atoms with Gasteiger partial charge in [-0.05, 0) is 37.1 Å². The monoisotopic (exact) mass is 498 g/mol. The van der Waals surface area contributed by atoms with Crippen LogP contribution in [0.5, 0.6) is 5.75 Å². The van der Waals surface area contributed by atoms with Gasteiger partial charge in [0.25, 0.3) is 0 Å². The molecule has 0 fully saturated rings. The van der Waals surface area contributed by atoms with E-state index in [9.17, 15) is 4.79 Å². The Balaban J connectivity index is 1.72. The minimum absolute atomic E-state index is 0.359. The third-order valence-electron chi connectivity index (χ3n) is 5.49. The Morgan fingerprint density at radius 1 is 1.21 bits per heavy atom. The third-order valence-corrected chi connectivity index (χ3v) is 6.66. The maximum Gasteiger partial charge on any atom is 0.338 e. The molecule has 0 bridgehead atoms. The lowest BCUT2D eigenvalue weighted by Gasteiger charge is -2.29. The first kappa shape index (κ1) is 24.2. The number of thioether (sulfide) groups is 1. The molecule has 1 aromatic heterocycles. The maximum atomic E-state index is 12.9. The van der Waals surface area contributed by atoms with Crippen molar-refractivity contribution in [3.63, 3.8) is 0 Å². The van der Waals surface area contributed by atoms with Gasteiger partial charge in [-0.15, -0.1) is 5.10 Å². The number of para-hydroxylation sites is 1. The van der Waals surface area contributed by atoms with Gasteiger partial charge >= 0.3 is 5.97 Å². The highest BCUT2D eigenvalue weighted by atomic mass is 35.5. The van der Waals surface area contributed by atoms with Crippen molar-refractivity contribution in [3.05, 3.63) is 76.0 Å². The molecule has 2 heterocycles. The Bertz CT molecular complexity index is 1190. The Morgan fingerprint density at radius 2 is 1.97 bits per heavy atom. The van der Waals surface area contributed by atoms with Gasteiger partial charge in [-0.2, -0.15) is 4.98 Å². The van der Waals surface area contributed by atoms with E-state index in [-0.39, 0.29) is 0 Å². The van der Waals surface area contributed by atoms with E-state index in [1.54, 1.807) is 16.4 Å². The molecule has 1 N–H and O–H groups in total. The normalized spacial score (nSPS) is 15.0. The van der Waals surface area contributed by atoms with Crippen molar-refractivity contribution in [1.82, 2.24) is 14.8 Å². The molecule has 1 aliphatic rings. The fourth-order valence-electron chi connectivity index (χ4n) is 3.74. The average Bonchev–Trinajstić information content (AvgIpc) is 3.25. The number of ether oxygens (including phenoxy) is 2. The minimum atomic E-state index is -0.543. The second kappa shape index (κ2) is 11.0. The van der Waals surface area contributed by atoms with Crippen molar-refractivity contribution < 1.29 is 14.3 Å². The van der Waals surface area contributed by atoms with E-state index in [4.69, 9.17) is 26.2 Å². The molecule has 1 aliphatic heterocycles. The summed E-state index contributed by atoms with van der Waals surface area (Å²) in [4.78, 5) is 17.5. The molecule has 1 unspecified atom stereocenters. The Kier molecular flexibility index (Phi) is 7.80. The van der Waals surface area contributed by atoms with E-state index in [0.29, 0.717) is 39.8 Å². The quantitative estimate of drug-likeness (QED) is 0.225. The number of carbonyl (C=O) groups is 1. The predicted molar refractivity (Wildman–Crippen MR) is 134 cm³/mol. The Morgan fingerprint density at radius 3 is 2.71 bits per heavy atom.